The van der Waals surface area contributed by atoms with Crippen molar-refractivity contribution in [3.8, 4) is 0 Å². The number of hydrogen-bond donors (Lipinski definition) is 3. The van der Waals surface area contributed by atoms with Crippen LogP contribution < -0.4 is 15.4 Å². The van der Waals surface area contributed by atoms with Gasteiger partial charge in [-0.15, -0.1) is 11.3 Å². The van der Waals surface area contributed by atoms with Crippen LogP contribution in [0.5, 0.6) is 0 Å². The van der Waals surface area contributed by atoms with Crippen molar-refractivity contribution < 1.29 is 8.42 Å². The van der Waals surface area contributed by atoms with Crippen molar-refractivity contribution in [2.75, 3.05) is 19.6 Å². The van der Waals surface area contributed by atoms with Crippen LogP contribution in [0.15, 0.2) is 51.0 Å². The van der Waals surface area contributed by atoms with E-state index in [2.05, 4.69) is 20.3 Å². The molecule has 0 saturated carbocycles. The van der Waals surface area contributed by atoms with E-state index in [9.17, 15) is 8.42 Å². The maximum atomic E-state index is 12.1. The van der Waals surface area contributed by atoms with Gasteiger partial charge in [0.05, 0.1) is 12.6 Å². The summed E-state index contributed by atoms with van der Waals surface area (Å²) in [6, 6.07) is 10.9. The molecule has 0 spiro atoms. The third-order valence-electron chi connectivity index (χ3n) is 3.50. The lowest BCUT2D eigenvalue weighted by Gasteiger charge is -2.18. The van der Waals surface area contributed by atoms with Gasteiger partial charge in [-0.2, -0.15) is 0 Å². The summed E-state index contributed by atoms with van der Waals surface area (Å²) in [5.41, 5.74) is 1.08. The Kier molecular flexibility index (Phi) is 7.89. The minimum Gasteiger partial charge on any atom is -0.357 e. The molecule has 2 aromatic rings. The molecule has 0 fully saturated rings. The second-order valence-electron chi connectivity index (χ2n) is 5.51. The zero-order valence-corrected chi connectivity index (χ0v) is 17.1. The average Bonchev–Trinajstić information content (AvgIpc) is 3.15. The lowest BCUT2D eigenvalue weighted by atomic mass is 10.1. The highest BCUT2D eigenvalue weighted by Crippen LogP contribution is 2.16. The molecule has 6 nitrogen and oxygen atoms in total. The molecule has 0 saturated heterocycles. The fourth-order valence-electron chi connectivity index (χ4n) is 2.20. The van der Waals surface area contributed by atoms with E-state index in [1.807, 2.05) is 38.1 Å². The molecule has 142 valence electrons. The molecule has 1 atom stereocenters. The molecule has 0 bridgehead atoms. The quantitative estimate of drug-likeness (QED) is 0.352. The van der Waals surface area contributed by atoms with E-state index in [1.54, 1.807) is 17.5 Å². The van der Waals surface area contributed by atoms with Crippen LogP contribution in [0, 0.1) is 0 Å². The molecule has 0 aliphatic heterocycles. The molecule has 1 unspecified atom stereocenters. The van der Waals surface area contributed by atoms with Gasteiger partial charge in [0.2, 0.25) is 10.0 Å². The van der Waals surface area contributed by atoms with E-state index in [4.69, 9.17) is 11.6 Å². The van der Waals surface area contributed by atoms with Gasteiger partial charge in [-0.1, -0.05) is 29.8 Å². The number of aliphatic imine (C=N–C) groups is 1. The van der Waals surface area contributed by atoms with E-state index in [-0.39, 0.29) is 12.6 Å². The summed E-state index contributed by atoms with van der Waals surface area (Å²) in [6.45, 7) is 5.26. The lowest BCUT2D eigenvalue weighted by molar-refractivity contribution is 0.584. The second-order valence-corrected chi connectivity index (χ2v) is 8.89. The van der Waals surface area contributed by atoms with Crippen LogP contribution in [-0.4, -0.2) is 34.0 Å². The van der Waals surface area contributed by atoms with E-state index in [0.717, 1.165) is 5.56 Å². The molecule has 3 N–H and O–H groups in total. The van der Waals surface area contributed by atoms with E-state index >= 15 is 0 Å². The van der Waals surface area contributed by atoms with Gasteiger partial charge in [0, 0.05) is 18.1 Å². The number of halogens is 1. The maximum absolute atomic E-state index is 12.1. The number of sulfonamides is 1. The van der Waals surface area contributed by atoms with Crippen molar-refractivity contribution in [1.29, 1.82) is 0 Å². The van der Waals surface area contributed by atoms with Gasteiger partial charge in [0.15, 0.2) is 5.96 Å². The molecule has 0 aliphatic rings. The summed E-state index contributed by atoms with van der Waals surface area (Å²) < 4.78 is 27.0. The van der Waals surface area contributed by atoms with E-state index < -0.39 is 10.0 Å². The number of guanidine groups is 1. The Hall–Kier alpha value is -1.61. The van der Waals surface area contributed by atoms with Gasteiger partial charge in [0.1, 0.15) is 4.21 Å². The van der Waals surface area contributed by atoms with Crippen molar-refractivity contribution in [3.05, 3.63) is 52.4 Å². The standard InChI is InChI=1S/C17H23ClN4O2S2/c1-3-19-17(22-13(2)14-6-8-15(18)9-7-14)20-10-11-21-26(23,24)16-5-4-12-25-16/h4-9,12-13,21H,3,10-11H2,1-2H3,(H2,19,20,22). The van der Waals surface area contributed by atoms with Gasteiger partial charge in [-0.25, -0.2) is 13.1 Å². The minimum atomic E-state index is -3.45. The van der Waals surface area contributed by atoms with Crippen LogP contribution in [0.1, 0.15) is 25.5 Å². The predicted molar refractivity (Wildman–Crippen MR) is 108 cm³/mol. The number of rotatable bonds is 8. The number of nitrogens with zero attached hydrogens (tertiary/aromatic N) is 1. The predicted octanol–water partition coefficient (Wildman–Crippen LogP) is 3.00. The molecule has 0 amide bonds. The fraction of sp³-hybridized carbons (Fsp3) is 0.353. The highest BCUT2D eigenvalue weighted by atomic mass is 35.5. The molecule has 1 heterocycles. The zero-order chi connectivity index (χ0) is 19.0. The molecule has 1 aromatic carbocycles. The van der Waals surface area contributed by atoms with Gasteiger partial charge >= 0.3 is 0 Å². The highest BCUT2D eigenvalue weighted by Gasteiger charge is 2.14. The molecule has 2 rings (SSSR count). The Labute approximate surface area is 163 Å². The van der Waals surface area contributed by atoms with Crippen molar-refractivity contribution in [1.82, 2.24) is 15.4 Å². The molecule has 1 aromatic heterocycles. The van der Waals surface area contributed by atoms with Crippen LogP contribution in [0.4, 0.5) is 0 Å². The minimum absolute atomic E-state index is 0.0351. The van der Waals surface area contributed by atoms with Crippen LogP contribution in [0.25, 0.3) is 0 Å². The third-order valence-corrected chi connectivity index (χ3v) is 6.61. The SMILES string of the molecule is CCNC(=NCCNS(=O)(=O)c1cccs1)NC(C)c1ccc(Cl)cc1. The maximum Gasteiger partial charge on any atom is 0.250 e. The van der Waals surface area contributed by atoms with Gasteiger partial charge in [0.25, 0.3) is 0 Å². The van der Waals surface area contributed by atoms with Gasteiger partial charge < -0.3 is 10.6 Å². The third kappa shape index (κ3) is 6.28. The summed E-state index contributed by atoms with van der Waals surface area (Å²) in [6.07, 6.45) is 0. The summed E-state index contributed by atoms with van der Waals surface area (Å²) >= 11 is 7.11. The zero-order valence-electron chi connectivity index (χ0n) is 14.7. The van der Waals surface area contributed by atoms with Crippen molar-refractivity contribution in [3.63, 3.8) is 0 Å². The van der Waals surface area contributed by atoms with Crippen LogP contribution >= 0.6 is 22.9 Å². The lowest BCUT2D eigenvalue weighted by Crippen LogP contribution is -2.39. The summed E-state index contributed by atoms with van der Waals surface area (Å²) in [5, 5.41) is 8.89. The Morgan fingerprint density at radius 3 is 2.62 bits per heavy atom. The monoisotopic (exact) mass is 414 g/mol. The molecule has 0 radical (unpaired) electrons. The first-order chi connectivity index (χ1) is 12.4. The first kappa shape index (κ1) is 20.7. The topological polar surface area (TPSA) is 82.6 Å². The Balaban J connectivity index is 1.90. The van der Waals surface area contributed by atoms with Crippen molar-refractivity contribution in [2.45, 2.75) is 24.1 Å². The highest BCUT2D eigenvalue weighted by molar-refractivity contribution is 7.91. The van der Waals surface area contributed by atoms with E-state index in [1.165, 1.54) is 11.3 Å². The number of thiophene rings is 1. The van der Waals surface area contributed by atoms with Crippen LogP contribution in [-0.2, 0) is 10.0 Å². The fourth-order valence-corrected chi connectivity index (χ4v) is 4.38. The average molecular weight is 415 g/mol. The molecular formula is C17H23ClN4O2S2. The van der Waals surface area contributed by atoms with Gasteiger partial charge in [-0.3, -0.25) is 4.99 Å². The smallest absolute Gasteiger partial charge is 0.250 e. The molecular weight excluding hydrogens is 392 g/mol. The van der Waals surface area contributed by atoms with Crippen molar-refractivity contribution >= 4 is 38.9 Å². The first-order valence-corrected chi connectivity index (χ1v) is 11.0. The Morgan fingerprint density at radius 1 is 1.27 bits per heavy atom. The van der Waals surface area contributed by atoms with Crippen LogP contribution in [0.2, 0.25) is 5.02 Å². The Bertz CT molecular complexity index is 806. The van der Waals surface area contributed by atoms with Gasteiger partial charge in [-0.05, 0) is 43.0 Å². The number of benzene rings is 1. The second kappa shape index (κ2) is 9.91. The Morgan fingerprint density at radius 2 is 2.00 bits per heavy atom. The number of nitrogens with one attached hydrogen (secondary N) is 3. The summed E-state index contributed by atoms with van der Waals surface area (Å²) in [4.78, 5) is 4.43. The number of hydrogen-bond acceptors (Lipinski definition) is 4. The normalized spacial score (nSPS) is 13.4. The summed E-state index contributed by atoms with van der Waals surface area (Å²) in [5.74, 6) is 0.630. The summed E-state index contributed by atoms with van der Waals surface area (Å²) in [7, 11) is -3.45. The molecule has 9 heteroatoms. The van der Waals surface area contributed by atoms with Crippen LogP contribution in [0.3, 0.4) is 0 Å². The largest absolute Gasteiger partial charge is 0.357 e. The molecule has 0 aliphatic carbocycles. The van der Waals surface area contributed by atoms with E-state index in [0.29, 0.717) is 28.3 Å². The molecule has 26 heavy (non-hydrogen) atoms. The first-order valence-electron chi connectivity index (χ1n) is 8.26. The van der Waals surface area contributed by atoms with Crippen molar-refractivity contribution in [2.24, 2.45) is 4.99 Å².